The molecule has 116 valence electrons. The molecule has 0 radical (unpaired) electrons. The van der Waals surface area contributed by atoms with Gasteiger partial charge in [-0.25, -0.2) is 5.43 Å². The van der Waals surface area contributed by atoms with Crippen molar-refractivity contribution in [3.63, 3.8) is 0 Å². The van der Waals surface area contributed by atoms with Crippen LogP contribution in [-0.4, -0.2) is 29.6 Å². The minimum absolute atomic E-state index is 0.243. The number of hydrogen-bond acceptors (Lipinski definition) is 4. The van der Waals surface area contributed by atoms with Crippen molar-refractivity contribution in [3.8, 4) is 5.75 Å². The van der Waals surface area contributed by atoms with E-state index in [0.29, 0.717) is 19.4 Å². The molecule has 0 fully saturated rings. The number of halogens is 3. The lowest BCUT2D eigenvalue weighted by molar-refractivity contribution is -0.121. The number of ether oxygens (including phenoxy) is 1. The van der Waals surface area contributed by atoms with Crippen LogP contribution in [-0.2, 0) is 4.79 Å². The van der Waals surface area contributed by atoms with Crippen LogP contribution in [0.15, 0.2) is 29.4 Å². The summed E-state index contributed by atoms with van der Waals surface area (Å²) in [6.45, 7) is 0.648. The van der Waals surface area contributed by atoms with Crippen molar-refractivity contribution in [3.05, 3.63) is 24.3 Å². The molecular formula is C13H16Cl3N3O2. The summed E-state index contributed by atoms with van der Waals surface area (Å²) < 4.78 is 3.51. The van der Waals surface area contributed by atoms with Crippen LogP contribution in [0, 0.1) is 0 Å². The molecule has 0 saturated heterocycles. The zero-order chi connectivity index (χ0) is 15.7. The predicted octanol–water partition coefficient (Wildman–Crippen LogP) is 3.36. The highest BCUT2D eigenvalue weighted by molar-refractivity contribution is 6.74. The molecule has 0 aliphatic rings. The number of nitrogens with zero attached hydrogens (tertiary/aromatic N) is 1. The van der Waals surface area contributed by atoms with Crippen molar-refractivity contribution in [2.24, 2.45) is 5.10 Å². The number of carbonyl (C=O) groups is 1. The summed E-state index contributed by atoms with van der Waals surface area (Å²) in [7, 11) is 1.61. The molecular weight excluding hydrogens is 337 g/mol. The number of anilines is 1. The summed E-state index contributed by atoms with van der Waals surface area (Å²) >= 11 is 16.3. The molecule has 0 aliphatic carbocycles. The number of alkyl halides is 3. The summed E-state index contributed by atoms with van der Waals surface area (Å²) in [5.74, 6) is 0.534. The first-order valence-electron chi connectivity index (χ1n) is 6.18. The summed E-state index contributed by atoms with van der Waals surface area (Å²) in [5, 5.41) is 6.74. The SMILES string of the molecule is COc1cccc(NCCCC(=O)N/N=C\C(Cl)(Cl)Cl)c1. The topological polar surface area (TPSA) is 62.7 Å². The van der Waals surface area contributed by atoms with Crippen LogP contribution >= 0.6 is 34.8 Å². The molecule has 1 amide bonds. The number of rotatable bonds is 7. The monoisotopic (exact) mass is 351 g/mol. The number of hydrazone groups is 1. The Labute approximate surface area is 138 Å². The first-order valence-corrected chi connectivity index (χ1v) is 7.32. The van der Waals surface area contributed by atoms with Gasteiger partial charge in [0.2, 0.25) is 9.70 Å². The average molecular weight is 353 g/mol. The molecule has 0 aromatic heterocycles. The van der Waals surface area contributed by atoms with Gasteiger partial charge in [-0.1, -0.05) is 40.9 Å². The second-order valence-electron chi connectivity index (χ2n) is 4.10. The summed E-state index contributed by atoms with van der Waals surface area (Å²) in [4.78, 5) is 11.4. The van der Waals surface area contributed by atoms with Gasteiger partial charge in [0.05, 0.1) is 13.3 Å². The van der Waals surface area contributed by atoms with Gasteiger partial charge in [0.15, 0.2) is 0 Å². The maximum Gasteiger partial charge on any atom is 0.240 e. The maximum absolute atomic E-state index is 11.4. The molecule has 0 aliphatic heterocycles. The molecule has 1 aromatic carbocycles. The molecule has 5 nitrogen and oxygen atoms in total. The highest BCUT2D eigenvalue weighted by Crippen LogP contribution is 2.22. The second-order valence-corrected chi connectivity index (χ2v) is 6.47. The van der Waals surface area contributed by atoms with Gasteiger partial charge in [-0.15, -0.1) is 0 Å². The van der Waals surface area contributed by atoms with Gasteiger partial charge >= 0.3 is 0 Å². The zero-order valence-corrected chi connectivity index (χ0v) is 13.7. The highest BCUT2D eigenvalue weighted by atomic mass is 35.6. The van der Waals surface area contributed by atoms with Crippen LogP contribution in [0.25, 0.3) is 0 Å². The van der Waals surface area contributed by atoms with Gasteiger partial charge in [-0.3, -0.25) is 4.79 Å². The van der Waals surface area contributed by atoms with E-state index in [9.17, 15) is 4.79 Å². The van der Waals surface area contributed by atoms with Gasteiger partial charge in [0.25, 0.3) is 0 Å². The van der Waals surface area contributed by atoms with E-state index >= 15 is 0 Å². The lowest BCUT2D eigenvalue weighted by atomic mass is 10.2. The Kier molecular flexibility index (Phi) is 7.64. The number of methoxy groups -OCH3 is 1. The van der Waals surface area contributed by atoms with Crippen molar-refractivity contribution in [2.45, 2.75) is 16.6 Å². The lowest BCUT2D eigenvalue weighted by Crippen LogP contribution is -2.20. The van der Waals surface area contributed by atoms with Gasteiger partial charge in [0.1, 0.15) is 5.75 Å². The second kappa shape index (κ2) is 8.97. The molecule has 0 saturated carbocycles. The van der Waals surface area contributed by atoms with E-state index in [1.54, 1.807) is 7.11 Å². The van der Waals surface area contributed by atoms with E-state index in [2.05, 4.69) is 15.8 Å². The minimum atomic E-state index is -1.61. The van der Waals surface area contributed by atoms with Crippen LogP contribution in [0.3, 0.4) is 0 Å². The molecule has 0 unspecified atom stereocenters. The third-order valence-electron chi connectivity index (χ3n) is 2.38. The van der Waals surface area contributed by atoms with Crippen LogP contribution in [0.4, 0.5) is 5.69 Å². The van der Waals surface area contributed by atoms with E-state index in [4.69, 9.17) is 39.5 Å². The van der Waals surface area contributed by atoms with Crippen molar-refractivity contribution < 1.29 is 9.53 Å². The van der Waals surface area contributed by atoms with Gasteiger partial charge in [-0.05, 0) is 18.6 Å². The van der Waals surface area contributed by atoms with Crippen molar-refractivity contribution in [2.75, 3.05) is 19.0 Å². The quantitative estimate of drug-likeness (QED) is 0.342. The predicted molar refractivity (Wildman–Crippen MR) is 87.6 cm³/mol. The van der Waals surface area contributed by atoms with Crippen LogP contribution in [0.1, 0.15) is 12.8 Å². The van der Waals surface area contributed by atoms with E-state index < -0.39 is 3.79 Å². The Hall–Kier alpha value is -1.17. The largest absolute Gasteiger partial charge is 0.497 e. The zero-order valence-electron chi connectivity index (χ0n) is 11.4. The maximum atomic E-state index is 11.4. The smallest absolute Gasteiger partial charge is 0.240 e. The third-order valence-corrected chi connectivity index (χ3v) is 2.67. The molecule has 1 aromatic rings. The molecule has 0 atom stereocenters. The van der Waals surface area contributed by atoms with Crippen LogP contribution in [0.2, 0.25) is 0 Å². The fourth-order valence-corrected chi connectivity index (χ4v) is 1.59. The van der Waals surface area contributed by atoms with Gasteiger partial charge < -0.3 is 10.1 Å². The first kappa shape index (κ1) is 17.9. The van der Waals surface area contributed by atoms with Crippen molar-refractivity contribution in [1.82, 2.24) is 5.43 Å². The first-order chi connectivity index (χ1) is 9.90. The minimum Gasteiger partial charge on any atom is -0.497 e. The lowest BCUT2D eigenvalue weighted by Gasteiger charge is -2.07. The van der Waals surface area contributed by atoms with E-state index in [-0.39, 0.29) is 5.91 Å². The fourth-order valence-electron chi connectivity index (χ4n) is 1.45. The molecule has 8 heteroatoms. The van der Waals surface area contributed by atoms with Crippen molar-refractivity contribution in [1.29, 1.82) is 0 Å². The Morgan fingerprint density at radius 2 is 2.19 bits per heavy atom. The van der Waals surface area contributed by atoms with Crippen LogP contribution < -0.4 is 15.5 Å². The Bertz CT molecular complexity index is 490. The molecule has 21 heavy (non-hydrogen) atoms. The third kappa shape index (κ3) is 8.65. The molecule has 0 heterocycles. The Morgan fingerprint density at radius 1 is 1.43 bits per heavy atom. The number of amides is 1. The van der Waals surface area contributed by atoms with E-state index in [1.165, 1.54) is 0 Å². The average Bonchev–Trinajstić information content (AvgIpc) is 2.42. The van der Waals surface area contributed by atoms with Gasteiger partial charge in [-0.2, -0.15) is 5.10 Å². The number of nitrogens with one attached hydrogen (secondary N) is 2. The normalized spacial score (nSPS) is 11.4. The Balaban J connectivity index is 2.21. The highest BCUT2D eigenvalue weighted by Gasteiger charge is 2.15. The molecule has 2 N–H and O–H groups in total. The van der Waals surface area contributed by atoms with Crippen molar-refractivity contribution >= 4 is 52.6 Å². The Morgan fingerprint density at radius 3 is 2.86 bits per heavy atom. The van der Waals surface area contributed by atoms with E-state index in [1.807, 2.05) is 24.3 Å². The van der Waals surface area contributed by atoms with E-state index in [0.717, 1.165) is 17.7 Å². The summed E-state index contributed by atoms with van der Waals surface area (Å²) in [5.41, 5.74) is 3.22. The summed E-state index contributed by atoms with van der Waals surface area (Å²) in [6, 6.07) is 7.56. The molecule has 0 spiro atoms. The molecule has 0 bridgehead atoms. The number of benzene rings is 1. The fraction of sp³-hybridized carbons (Fsp3) is 0.385. The van der Waals surface area contributed by atoms with Crippen LogP contribution in [0.5, 0.6) is 5.75 Å². The van der Waals surface area contributed by atoms with Gasteiger partial charge in [0, 0.05) is 24.7 Å². The number of carbonyl (C=O) groups excluding carboxylic acids is 1. The molecule has 1 rings (SSSR count). The standard InChI is InChI=1S/C13H16Cl3N3O2/c1-21-11-5-2-4-10(8-11)17-7-3-6-12(20)19-18-9-13(14,15)16/h2,4-5,8-9,17H,3,6-7H2,1H3,(H,19,20)/b18-9-. The number of hydrogen-bond donors (Lipinski definition) is 2. The summed E-state index contributed by atoms with van der Waals surface area (Å²) in [6.07, 6.45) is 1.99.